The summed E-state index contributed by atoms with van der Waals surface area (Å²) >= 11 is 0. The Morgan fingerprint density at radius 1 is 1.07 bits per heavy atom. The van der Waals surface area contributed by atoms with Gasteiger partial charge in [0, 0.05) is 12.1 Å². The number of hydrogen-bond acceptors (Lipinski definition) is 6. The Morgan fingerprint density at radius 3 is 2.23 bits per heavy atom. The minimum Gasteiger partial charge on any atom is -0.361 e. The van der Waals surface area contributed by atoms with E-state index in [2.05, 4.69) is 16.5 Å². The van der Waals surface area contributed by atoms with Crippen LogP contribution >= 0.6 is 0 Å². The molecule has 1 unspecified atom stereocenters. The normalized spacial score (nSPS) is 14.0. The number of nitrogens with one attached hydrogen (secondary N) is 1. The highest BCUT2D eigenvalue weighted by Gasteiger charge is 2.36. The second-order valence-electron chi connectivity index (χ2n) is 7.18. The highest BCUT2D eigenvalue weighted by atomic mass is 16.5. The smallest absolute Gasteiger partial charge is 0.261 e. The third-order valence-electron chi connectivity index (χ3n) is 5.31. The number of nitriles is 1. The second kappa shape index (κ2) is 7.93. The summed E-state index contributed by atoms with van der Waals surface area (Å²) in [6, 6.07) is 16.2. The molecule has 1 N–H and O–H groups in total. The molecule has 150 valence electrons. The standard InChI is InChI=1S/C23H20N4O3/c1-14-21(15(2)30-26-14)17-9-7-16(8-10-17)20(25-12-11-24)13-27-22(28)18-5-3-4-6-19(18)23(27)29/h3-10,20,25H,12-13H2,1-2H3. The molecule has 4 rings (SSSR count). The fraction of sp³-hybridized carbons (Fsp3) is 0.217. The quantitative estimate of drug-likeness (QED) is 0.503. The molecule has 2 heterocycles. The number of benzene rings is 2. The maximum atomic E-state index is 12.7. The first-order chi connectivity index (χ1) is 14.5. The molecular formula is C23H20N4O3. The third kappa shape index (κ3) is 3.38. The van der Waals surface area contributed by atoms with Crippen LogP contribution in [0.3, 0.4) is 0 Å². The van der Waals surface area contributed by atoms with Crippen LogP contribution in [0.2, 0.25) is 0 Å². The molecule has 2 aromatic carbocycles. The molecule has 1 aromatic heterocycles. The van der Waals surface area contributed by atoms with E-state index in [1.165, 1.54) is 4.90 Å². The van der Waals surface area contributed by atoms with Gasteiger partial charge in [-0.1, -0.05) is 41.6 Å². The molecule has 7 nitrogen and oxygen atoms in total. The molecule has 0 saturated heterocycles. The van der Waals surface area contributed by atoms with E-state index in [1.54, 1.807) is 24.3 Å². The average Bonchev–Trinajstić information content (AvgIpc) is 3.22. The average molecular weight is 400 g/mol. The summed E-state index contributed by atoms with van der Waals surface area (Å²) in [6.07, 6.45) is 0. The zero-order chi connectivity index (χ0) is 21.3. The van der Waals surface area contributed by atoms with Gasteiger partial charge in [-0.15, -0.1) is 0 Å². The van der Waals surface area contributed by atoms with Gasteiger partial charge in [0.15, 0.2) is 0 Å². The summed E-state index contributed by atoms with van der Waals surface area (Å²) in [5.41, 5.74) is 4.42. The van der Waals surface area contributed by atoms with Crippen LogP contribution in [0, 0.1) is 25.2 Å². The number of hydrogen-bond donors (Lipinski definition) is 1. The predicted molar refractivity (Wildman–Crippen MR) is 110 cm³/mol. The number of amides is 2. The number of aryl methyl sites for hydroxylation is 2. The van der Waals surface area contributed by atoms with E-state index in [-0.39, 0.29) is 30.9 Å². The Hall–Kier alpha value is -3.76. The molecule has 0 aliphatic carbocycles. The van der Waals surface area contributed by atoms with Crippen molar-refractivity contribution in [1.82, 2.24) is 15.4 Å². The van der Waals surface area contributed by atoms with Crippen LogP contribution in [0.25, 0.3) is 11.1 Å². The van der Waals surface area contributed by atoms with Gasteiger partial charge in [0.05, 0.1) is 35.5 Å². The van der Waals surface area contributed by atoms with Crippen molar-refractivity contribution in [2.75, 3.05) is 13.1 Å². The Kier molecular flexibility index (Phi) is 5.17. The lowest BCUT2D eigenvalue weighted by atomic mass is 9.99. The van der Waals surface area contributed by atoms with E-state index in [0.29, 0.717) is 11.1 Å². The topological polar surface area (TPSA) is 99.2 Å². The Bertz CT molecular complexity index is 1100. The van der Waals surface area contributed by atoms with Gasteiger partial charge in [-0.2, -0.15) is 5.26 Å². The Labute approximate surface area is 173 Å². The maximum absolute atomic E-state index is 12.7. The van der Waals surface area contributed by atoms with Crippen molar-refractivity contribution in [3.63, 3.8) is 0 Å². The van der Waals surface area contributed by atoms with E-state index in [9.17, 15) is 9.59 Å². The summed E-state index contributed by atoms with van der Waals surface area (Å²) < 4.78 is 5.24. The van der Waals surface area contributed by atoms with Crippen molar-refractivity contribution in [3.8, 4) is 17.2 Å². The highest BCUT2D eigenvalue weighted by molar-refractivity contribution is 6.21. The van der Waals surface area contributed by atoms with Crippen molar-refractivity contribution >= 4 is 11.8 Å². The summed E-state index contributed by atoms with van der Waals surface area (Å²) in [4.78, 5) is 26.7. The lowest BCUT2D eigenvalue weighted by Gasteiger charge is -2.23. The first kappa shape index (κ1) is 19.6. The largest absolute Gasteiger partial charge is 0.361 e. The van der Waals surface area contributed by atoms with E-state index < -0.39 is 0 Å². The third-order valence-corrected chi connectivity index (χ3v) is 5.31. The minimum absolute atomic E-state index is 0.0967. The number of rotatable bonds is 6. The Balaban J connectivity index is 1.60. The van der Waals surface area contributed by atoms with Crippen molar-refractivity contribution in [1.29, 1.82) is 5.26 Å². The van der Waals surface area contributed by atoms with Gasteiger partial charge < -0.3 is 4.52 Å². The van der Waals surface area contributed by atoms with Crippen LogP contribution in [0.15, 0.2) is 53.1 Å². The summed E-state index contributed by atoms with van der Waals surface area (Å²) in [6.45, 7) is 3.99. The van der Waals surface area contributed by atoms with Gasteiger partial charge in [0.1, 0.15) is 5.76 Å². The summed E-state index contributed by atoms with van der Waals surface area (Å²) in [5, 5.41) is 16.1. The lowest BCUT2D eigenvalue weighted by molar-refractivity contribution is 0.0639. The van der Waals surface area contributed by atoms with Gasteiger partial charge >= 0.3 is 0 Å². The molecule has 7 heteroatoms. The fourth-order valence-electron chi connectivity index (χ4n) is 3.82. The van der Waals surface area contributed by atoms with Crippen LogP contribution < -0.4 is 5.32 Å². The number of imide groups is 1. The number of carbonyl (C=O) groups excluding carboxylic acids is 2. The molecule has 0 saturated carbocycles. The molecule has 0 radical (unpaired) electrons. The van der Waals surface area contributed by atoms with E-state index >= 15 is 0 Å². The van der Waals surface area contributed by atoms with E-state index in [4.69, 9.17) is 9.78 Å². The summed E-state index contributed by atoms with van der Waals surface area (Å²) in [7, 11) is 0. The van der Waals surface area contributed by atoms with Crippen LogP contribution in [0.4, 0.5) is 0 Å². The molecular weight excluding hydrogens is 380 g/mol. The van der Waals surface area contributed by atoms with Gasteiger partial charge in [-0.3, -0.25) is 19.8 Å². The zero-order valence-corrected chi connectivity index (χ0v) is 16.7. The number of fused-ring (bicyclic) bond motifs is 1. The predicted octanol–water partition coefficient (Wildman–Crippen LogP) is 3.41. The van der Waals surface area contributed by atoms with E-state index in [0.717, 1.165) is 28.1 Å². The first-order valence-electron chi connectivity index (χ1n) is 9.60. The van der Waals surface area contributed by atoms with Crippen LogP contribution in [-0.4, -0.2) is 35.0 Å². The molecule has 2 amide bonds. The minimum atomic E-state index is -0.370. The highest BCUT2D eigenvalue weighted by Crippen LogP contribution is 2.29. The van der Waals surface area contributed by atoms with Crippen molar-refractivity contribution in [2.45, 2.75) is 19.9 Å². The van der Waals surface area contributed by atoms with Crippen LogP contribution in [0.5, 0.6) is 0 Å². The summed E-state index contributed by atoms with van der Waals surface area (Å²) in [5.74, 6) is 0.115. The van der Waals surface area contributed by atoms with Gasteiger partial charge in [0.2, 0.25) is 0 Å². The molecule has 1 atom stereocenters. The molecule has 3 aromatic rings. The van der Waals surface area contributed by atoms with Gasteiger partial charge in [-0.25, -0.2) is 0 Å². The Morgan fingerprint density at radius 2 is 1.70 bits per heavy atom. The molecule has 0 bridgehead atoms. The number of aromatic nitrogens is 1. The molecule has 0 fully saturated rings. The molecule has 0 spiro atoms. The fourth-order valence-corrected chi connectivity index (χ4v) is 3.82. The first-order valence-corrected chi connectivity index (χ1v) is 9.60. The van der Waals surface area contributed by atoms with Crippen molar-refractivity contribution < 1.29 is 14.1 Å². The maximum Gasteiger partial charge on any atom is 0.261 e. The van der Waals surface area contributed by atoms with Gasteiger partial charge in [-0.05, 0) is 37.1 Å². The van der Waals surface area contributed by atoms with Crippen LogP contribution in [0.1, 0.15) is 43.8 Å². The zero-order valence-electron chi connectivity index (χ0n) is 16.7. The number of carbonyl (C=O) groups is 2. The van der Waals surface area contributed by atoms with E-state index in [1.807, 2.05) is 38.1 Å². The van der Waals surface area contributed by atoms with Crippen LogP contribution in [-0.2, 0) is 0 Å². The lowest BCUT2D eigenvalue weighted by Crippen LogP contribution is -2.38. The molecule has 1 aliphatic rings. The van der Waals surface area contributed by atoms with Gasteiger partial charge in [0.25, 0.3) is 11.8 Å². The monoisotopic (exact) mass is 400 g/mol. The van der Waals surface area contributed by atoms with Crippen molar-refractivity contribution in [3.05, 3.63) is 76.7 Å². The molecule has 1 aliphatic heterocycles. The van der Waals surface area contributed by atoms with Crippen molar-refractivity contribution in [2.24, 2.45) is 0 Å². The SMILES string of the molecule is Cc1noc(C)c1-c1ccc(C(CN2C(=O)c3ccccc3C2=O)NCC#N)cc1. The number of nitrogens with zero attached hydrogens (tertiary/aromatic N) is 3. The molecule has 30 heavy (non-hydrogen) atoms. The second-order valence-corrected chi connectivity index (χ2v) is 7.18.